The second kappa shape index (κ2) is 6.18. The van der Waals surface area contributed by atoms with E-state index >= 15 is 0 Å². The Balaban J connectivity index is 1.81. The Morgan fingerprint density at radius 3 is 2.75 bits per heavy atom. The normalized spacial score (nSPS) is 11.8. The highest BCUT2D eigenvalue weighted by Crippen LogP contribution is 2.15. The van der Waals surface area contributed by atoms with Gasteiger partial charge >= 0.3 is 0 Å². The lowest BCUT2D eigenvalue weighted by atomic mass is 10.2. The minimum absolute atomic E-state index is 0.0775. The highest BCUT2D eigenvalue weighted by Gasteiger charge is 2.15. The first-order chi connectivity index (χ1) is 11.3. The molecule has 0 atom stereocenters. The number of rotatable bonds is 5. The van der Waals surface area contributed by atoms with Crippen LogP contribution in [0.4, 0.5) is 0 Å². The largest absolute Gasteiger partial charge is 0.342 e. The van der Waals surface area contributed by atoms with E-state index in [9.17, 15) is 13.2 Å². The molecule has 3 aromatic rings. The maximum absolute atomic E-state index is 12.4. The number of aryl methyl sites for hydroxylation is 1. The lowest BCUT2D eigenvalue weighted by Gasteiger charge is -2.08. The third-order valence-corrected chi connectivity index (χ3v) is 5.08. The highest BCUT2D eigenvalue weighted by atomic mass is 32.2. The first-order valence-electron chi connectivity index (χ1n) is 7.41. The number of carbonyl (C=O) groups is 1. The van der Waals surface area contributed by atoms with Gasteiger partial charge in [0.1, 0.15) is 5.82 Å². The fourth-order valence-corrected chi connectivity index (χ4v) is 3.50. The van der Waals surface area contributed by atoms with Gasteiger partial charge in [-0.05, 0) is 43.7 Å². The zero-order valence-electron chi connectivity index (χ0n) is 13.3. The van der Waals surface area contributed by atoms with Crippen LogP contribution in [0.5, 0.6) is 0 Å². The average molecular weight is 343 g/mol. The number of aromatic amines is 1. The SMILES string of the molecule is CC(=O)c1cccc(S(=O)(=O)NCc2ccc3nc(C)[nH]c3c2)c1. The van der Waals surface area contributed by atoms with E-state index in [1.807, 2.05) is 25.1 Å². The Labute approximate surface area is 140 Å². The van der Waals surface area contributed by atoms with E-state index in [4.69, 9.17) is 0 Å². The third-order valence-electron chi connectivity index (χ3n) is 3.68. The van der Waals surface area contributed by atoms with Crippen molar-refractivity contribution in [3.63, 3.8) is 0 Å². The Morgan fingerprint density at radius 1 is 1.21 bits per heavy atom. The molecule has 0 amide bonds. The molecule has 0 unspecified atom stereocenters. The van der Waals surface area contributed by atoms with Crippen LogP contribution in [0.25, 0.3) is 11.0 Å². The summed E-state index contributed by atoms with van der Waals surface area (Å²) >= 11 is 0. The Bertz CT molecular complexity index is 1020. The van der Waals surface area contributed by atoms with Crippen LogP contribution < -0.4 is 4.72 Å². The van der Waals surface area contributed by atoms with E-state index in [1.54, 1.807) is 12.1 Å². The molecule has 24 heavy (non-hydrogen) atoms. The molecule has 2 aromatic carbocycles. The van der Waals surface area contributed by atoms with Crippen molar-refractivity contribution in [2.45, 2.75) is 25.3 Å². The quantitative estimate of drug-likeness (QED) is 0.696. The van der Waals surface area contributed by atoms with Crippen LogP contribution in [-0.2, 0) is 16.6 Å². The highest BCUT2D eigenvalue weighted by molar-refractivity contribution is 7.89. The van der Waals surface area contributed by atoms with Crippen molar-refractivity contribution in [2.24, 2.45) is 0 Å². The molecule has 1 aromatic heterocycles. The summed E-state index contributed by atoms with van der Waals surface area (Å²) < 4.78 is 27.4. The summed E-state index contributed by atoms with van der Waals surface area (Å²) in [6.07, 6.45) is 0. The maximum atomic E-state index is 12.4. The van der Waals surface area contributed by atoms with E-state index in [2.05, 4.69) is 14.7 Å². The summed E-state index contributed by atoms with van der Waals surface area (Å²) in [5.41, 5.74) is 2.89. The molecule has 124 valence electrons. The van der Waals surface area contributed by atoms with Crippen molar-refractivity contribution < 1.29 is 13.2 Å². The second-order valence-corrected chi connectivity index (χ2v) is 7.35. The first-order valence-corrected chi connectivity index (χ1v) is 8.89. The summed E-state index contributed by atoms with van der Waals surface area (Å²) in [5.74, 6) is 0.635. The number of imidazole rings is 1. The molecule has 0 bridgehead atoms. The minimum Gasteiger partial charge on any atom is -0.342 e. The monoisotopic (exact) mass is 343 g/mol. The van der Waals surface area contributed by atoms with Gasteiger partial charge in [-0.25, -0.2) is 18.1 Å². The molecule has 0 aliphatic heterocycles. The van der Waals surface area contributed by atoms with Crippen molar-refractivity contribution in [2.75, 3.05) is 0 Å². The number of nitrogens with zero attached hydrogens (tertiary/aromatic N) is 1. The summed E-state index contributed by atoms with van der Waals surface area (Å²) in [5, 5.41) is 0. The smallest absolute Gasteiger partial charge is 0.240 e. The molecule has 0 aliphatic carbocycles. The van der Waals surface area contributed by atoms with E-state index in [1.165, 1.54) is 19.1 Å². The van der Waals surface area contributed by atoms with Crippen LogP contribution in [0.2, 0.25) is 0 Å². The third kappa shape index (κ3) is 3.37. The number of fused-ring (bicyclic) bond motifs is 1. The fraction of sp³-hybridized carbons (Fsp3) is 0.176. The molecular formula is C17H17N3O3S. The average Bonchev–Trinajstić information content (AvgIpc) is 2.92. The Hall–Kier alpha value is -2.51. The number of aromatic nitrogens is 2. The topological polar surface area (TPSA) is 91.9 Å². The van der Waals surface area contributed by atoms with Crippen LogP contribution in [0.3, 0.4) is 0 Å². The number of nitrogens with one attached hydrogen (secondary N) is 2. The van der Waals surface area contributed by atoms with Crippen LogP contribution >= 0.6 is 0 Å². The number of sulfonamides is 1. The van der Waals surface area contributed by atoms with Crippen LogP contribution in [-0.4, -0.2) is 24.2 Å². The zero-order chi connectivity index (χ0) is 17.3. The van der Waals surface area contributed by atoms with E-state index in [0.717, 1.165) is 22.4 Å². The molecule has 1 heterocycles. The molecule has 6 nitrogen and oxygen atoms in total. The number of carbonyl (C=O) groups excluding carboxylic acids is 1. The maximum Gasteiger partial charge on any atom is 0.240 e. The molecule has 0 spiro atoms. The van der Waals surface area contributed by atoms with Gasteiger partial charge in [0.05, 0.1) is 15.9 Å². The van der Waals surface area contributed by atoms with E-state index < -0.39 is 10.0 Å². The predicted molar refractivity (Wildman–Crippen MR) is 91.3 cm³/mol. The molecule has 2 N–H and O–H groups in total. The first kappa shape index (κ1) is 16.4. The van der Waals surface area contributed by atoms with Crippen molar-refractivity contribution in [1.82, 2.24) is 14.7 Å². The van der Waals surface area contributed by atoms with Gasteiger partial charge in [0.25, 0.3) is 0 Å². The number of H-pyrrole nitrogens is 1. The Kier molecular flexibility index (Phi) is 4.21. The van der Waals surface area contributed by atoms with Gasteiger partial charge in [-0.15, -0.1) is 0 Å². The minimum atomic E-state index is -3.69. The van der Waals surface area contributed by atoms with Gasteiger partial charge in [-0.3, -0.25) is 4.79 Å². The molecule has 0 fully saturated rings. The van der Waals surface area contributed by atoms with Crippen molar-refractivity contribution >= 4 is 26.8 Å². The van der Waals surface area contributed by atoms with Crippen molar-refractivity contribution in [3.8, 4) is 0 Å². The van der Waals surface area contributed by atoms with Crippen LogP contribution in [0.15, 0.2) is 47.4 Å². The van der Waals surface area contributed by atoms with Gasteiger partial charge < -0.3 is 4.98 Å². The number of benzene rings is 2. The second-order valence-electron chi connectivity index (χ2n) is 5.58. The molecular weight excluding hydrogens is 326 g/mol. The lowest BCUT2D eigenvalue weighted by Crippen LogP contribution is -2.23. The fourth-order valence-electron chi connectivity index (χ4n) is 2.44. The zero-order valence-corrected chi connectivity index (χ0v) is 14.1. The predicted octanol–water partition coefficient (Wildman–Crippen LogP) is 2.55. The molecule has 0 saturated carbocycles. The summed E-state index contributed by atoms with van der Waals surface area (Å²) in [7, 11) is -3.69. The van der Waals surface area contributed by atoms with Gasteiger partial charge in [0, 0.05) is 12.1 Å². The Morgan fingerprint density at radius 2 is 2.00 bits per heavy atom. The van der Waals surface area contributed by atoms with Gasteiger partial charge in [-0.2, -0.15) is 0 Å². The van der Waals surface area contributed by atoms with E-state index in [0.29, 0.717) is 5.56 Å². The van der Waals surface area contributed by atoms with Crippen molar-refractivity contribution in [1.29, 1.82) is 0 Å². The lowest BCUT2D eigenvalue weighted by molar-refractivity contribution is 0.101. The summed E-state index contributed by atoms with van der Waals surface area (Å²) in [6, 6.07) is 11.5. The number of hydrogen-bond donors (Lipinski definition) is 2. The standard InChI is InChI=1S/C17H17N3O3S/c1-11(21)14-4-3-5-15(9-14)24(22,23)18-10-13-6-7-16-17(8-13)20-12(2)19-16/h3-9,18H,10H2,1-2H3,(H,19,20). The van der Waals surface area contributed by atoms with Crippen LogP contribution in [0.1, 0.15) is 28.7 Å². The molecule has 0 radical (unpaired) electrons. The van der Waals surface area contributed by atoms with Gasteiger partial charge in [-0.1, -0.05) is 18.2 Å². The van der Waals surface area contributed by atoms with Crippen LogP contribution in [0, 0.1) is 6.92 Å². The summed E-state index contributed by atoms with van der Waals surface area (Å²) in [6.45, 7) is 3.42. The number of hydrogen-bond acceptors (Lipinski definition) is 4. The van der Waals surface area contributed by atoms with Gasteiger partial charge in [0.15, 0.2) is 5.78 Å². The summed E-state index contributed by atoms with van der Waals surface area (Å²) in [4.78, 5) is 18.9. The molecule has 7 heteroatoms. The van der Waals surface area contributed by atoms with E-state index in [-0.39, 0.29) is 17.2 Å². The molecule has 0 aliphatic rings. The number of ketones is 1. The van der Waals surface area contributed by atoms with Gasteiger partial charge in [0.2, 0.25) is 10.0 Å². The molecule has 0 saturated heterocycles. The number of Topliss-reactive ketones (excluding diaryl/α,β-unsaturated/α-hetero) is 1. The molecule has 3 rings (SSSR count). The van der Waals surface area contributed by atoms with Crippen molar-refractivity contribution in [3.05, 3.63) is 59.4 Å².